The van der Waals surface area contributed by atoms with Crippen molar-refractivity contribution in [3.05, 3.63) is 172 Å². The molecule has 6 aromatic carbocycles. The van der Waals surface area contributed by atoms with Crippen molar-refractivity contribution in [3.63, 3.8) is 0 Å². The van der Waals surface area contributed by atoms with Crippen molar-refractivity contribution in [1.29, 1.82) is 0 Å². The third-order valence-corrected chi connectivity index (χ3v) is 9.32. The van der Waals surface area contributed by atoms with E-state index in [0.29, 0.717) is 47.2 Å². The number of carboxylic acid groups (broad SMARTS) is 1. The lowest BCUT2D eigenvalue weighted by atomic mass is 10.0. The van der Waals surface area contributed by atoms with Gasteiger partial charge in [0, 0.05) is 28.7 Å². The Morgan fingerprint density at radius 2 is 1.24 bits per heavy atom. The van der Waals surface area contributed by atoms with Crippen LogP contribution in [0.15, 0.2) is 133 Å². The molecule has 59 heavy (non-hydrogen) atoms. The number of carboxylic acids is 1. The van der Waals surface area contributed by atoms with E-state index in [0.717, 1.165) is 27.9 Å². The first-order chi connectivity index (χ1) is 28.6. The Morgan fingerprint density at radius 3 is 1.85 bits per heavy atom. The number of rotatable bonds is 18. The molecule has 0 aliphatic carbocycles. The molecular weight excluding hydrogens is 801 g/mol. The summed E-state index contributed by atoms with van der Waals surface area (Å²) in [7, 11) is 0. The normalized spacial score (nSPS) is 11.0. The molecule has 0 aliphatic rings. The lowest BCUT2D eigenvalue weighted by Gasteiger charge is -2.14. The summed E-state index contributed by atoms with van der Waals surface area (Å²) in [4.78, 5) is 42.7. The molecule has 0 heterocycles. The number of carbonyl (C=O) groups is 3. The van der Waals surface area contributed by atoms with Gasteiger partial charge in [-0.05, 0) is 104 Å². The fourth-order valence-electron chi connectivity index (χ4n) is 5.34. The minimum atomic E-state index is -2.10. The molecule has 1 amide bonds. The maximum absolute atomic E-state index is 13.2. The molecule has 0 spiro atoms. The Kier molecular flexibility index (Phi) is 16.0. The van der Waals surface area contributed by atoms with Gasteiger partial charge in [0.25, 0.3) is 18.2 Å². The molecule has 14 nitrogen and oxygen atoms in total. The predicted molar refractivity (Wildman–Crippen MR) is 223 cm³/mol. The standard InChI is InChI=1S/C42H36N2O11S2.CH2O/c1-27-3-16-34(17-4-27)51-55-56-52-36-21-22-38(42(46)47)39(24-36)41(45)44-33-14-9-30(10-15-33)23-29-7-12-32(13-8-29)43-40-25-37(20-11-31(40)26-50-48)54-57(49)53-35-18-5-28(2)6-19-35;1-2/h3-22,24-25,43,48H,23,26H2,1-2H3,(H,44,45)(H,46,47);1H2. The predicted octanol–water partition coefficient (Wildman–Crippen LogP) is 9.38. The highest BCUT2D eigenvalue weighted by atomic mass is 32.2. The third kappa shape index (κ3) is 13.2. The highest BCUT2D eigenvalue weighted by Gasteiger charge is 2.19. The molecule has 0 aliphatic heterocycles. The fourth-order valence-corrected chi connectivity index (χ4v) is 6.22. The van der Waals surface area contributed by atoms with Crippen molar-refractivity contribution in [2.45, 2.75) is 26.9 Å². The number of aromatic carboxylic acids is 1. The van der Waals surface area contributed by atoms with Gasteiger partial charge in [-0.15, -0.1) is 0 Å². The number of benzene rings is 6. The molecule has 4 N–H and O–H groups in total. The summed E-state index contributed by atoms with van der Waals surface area (Å²) in [5, 5.41) is 24.9. The molecule has 0 saturated heterocycles. The summed E-state index contributed by atoms with van der Waals surface area (Å²) in [6.07, 6.45) is 0.587. The maximum Gasteiger partial charge on any atom is 0.417 e. The molecule has 6 rings (SSSR count). The molecule has 0 saturated carbocycles. The average Bonchev–Trinajstić information content (AvgIpc) is 3.24. The van der Waals surface area contributed by atoms with Crippen LogP contribution in [0, 0.1) is 13.8 Å². The Labute approximate surface area is 346 Å². The zero-order chi connectivity index (χ0) is 42.1. The largest absolute Gasteiger partial charge is 0.478 e. The Bertz CT molecular complexity index is 2340. The van der Waals surface area contributed by atoms with E-state index in [2.05, 4.69) is 15.5 Å². The Morgan fingerprint density at radius 1 is 0.678 bits per heavy atom. The molecule has 304 valence electrons. The number of aryl methyl sites for hydroxylation is 2. The van der Waals surface area contributed by atoms with Gasteiger partial charge in [-0.3, -0.25) is 10.1 Å². The first kappa shape index (κ1) is 43.4. The van der Waals surface area contributed by atoms with Crippen molar-refractivity contribution in [1.82, 2.24) is 0 Å². The first-order valence-corrected chi connectivity index (χ1v) is 19.2. The molecule has 16 heteroatoms. The number of nitrogens with one attached hydrogen (secondary N) is 2. The number of carbonyl (C=O) groups excluding carboxylic acids is 2. The van der Waals surface area contributed by atoms with Crippen molar-refractivity contribution in [2.24, 2.45) is 0 Å². The molecule has 0 fully saturated rings. The molecule has 0 bridgehead atoms. The first-order valence-electron chi connectivity index (χ1n) is 17.5. The van der Waals surface area contributed by atoms with Crippen LogP contribution in [0.5, 0.6) is 23.0 Å². The van der Waals surface area contributed by atoms with Gasteiger partial charge in [-0.25, -0.2) is 9.68 Å². The highest BCUT2D eigenvalue weighted by molar-refractivity contribution is 7.90. The smallest absolute Gasteiger partial charge is 0.417 e. The van der Waals surface area contributed by atoms with Crippen LogP contribution in [-0.2, 0) is 38.4 Å². The summed E-state index contributed by atoms with van der Waals surface area (Å²) in [6, 6.07) is 38.0. The van der Waals surface area contributed by atoms with E-state index in [9.17, 15) is 18.9 Å². The second kappa shape index (κ2) is 21.7. The van der Waals surface area contributed by atoms with Crippen LogP contribution in [-0.4, -0.2) is 33.2 Å². The lowest BCUT2D eigenvalue weighted by molar-refractivity contribution is -0.252. The summed E-state index contributed by atoms with van der Waals surface area (Å²) in [6.45, 7) is 5.78. The number of hydrogen-bond donors (Lipinski definition) is 4. The van der Waals surface area contributed by atoms with Crippen LogP contribution in [0.4, 0.5) is 17.1 Å². The summed E-state index contributed by atoms with van der Waals surface area (Å²) in [5.41, 5.74) is 6.16. The van der Waals surface area contributed by atoms with E-state index in [-0.39, 0.29) is 29.2 Å². The van der Waals surface area contributed by atoms with E-state index in [4.69, 9.17) is 31.8 Å². The van der Waals surface area contributed by atoms with E-state index in [1.165, 1.54) is 18.2 Å². The van der Waals surface area contributed by atoms with Gasteiger partial charge < -0.3 is 38.0 Å². The Balaban J connectivity index is 0.00000326. The molecule has 1 unspecified atom stereocenters. The van der Waals surface area contributed by atoms with Gasteiger partial charge in [0.05, 0.1) is 11.1 Å². The van der Waals surface area contributed by atoms with E-state index in [1.54, 1.807) is 54.6 Å². The molecule has 0 radical (unpaired) electrons. The topological polar surface area (TPSA) is 188 Å². The second-order valence-electron chi connectivity index (χ2n) is 12.6. The molecule has 1 atom stereocenters. The summed E-state index contributed by atoms with van der Waals surface area (Å²) in [5.74, 6) is -0.584. The zero-order valence-electron chi connectivity index (χ0n) is 31.6. The average molecular weight is 839 g/mol. The Hall–Kier alpha value is -6.69. The van der Waals surface area contributed by atoms with Gasteiger partial charge in [-0.2, -0.15) is 4.21 Å². The van der Waals surface area contributed by atoms with Gasteiger partial charge in [0.2, 0.25) is 0 Å². The van der Waals surface area contributed by atoms with Crippen LogP contribution in [0.3, 0.4) is 0 Å². The van der Waals surface area contributed by atoms with Crippen LogP contribution in [0.1, 0.15) is 48.5 Å². The highest BCUT2D eigenvalue weighted by Crippen LogP contribution is 2.29. The van der Waals surface area contributed by atoms with Crippen LogP contribution < -0.4 is 28.1 Å². The fraction of sp³-hybridized carbons (Fsp3) is 0.0930. The third-order valence-electron chi connectivity index (χ3n) is 8.28. The van der Waals surface area contributed by atoms with Gasteiger partial charge in [0.15, 0.2) is 5.75 Å². The second-order valence-corrected chi connectivity index (χ2v) is 13.7. The summed E-state index contributed by atoms with van der Waals surface area (Å²) < 4.78 is 33.8. The van der Waals surface area contributed by atoms with Gasteiger partial charge >= 0.3 is 17.3 Å². The minimum Gasteiger partial charge on any atom is -0.478 e. The van der Waals surface area contributed by atoms with Crippen molar-refractivity contribution >= 4 is 59.4 Å². The molecular formula is C43H38N2O12S2. The number of hydrogen-bond acceptors (Lipinski definition) is 13. The number of anilines is 3. The van der Waals surface area contributed by atoms with E-state index >= 15 is 0 Å². The lowest BCUT2D eigenvalue weighted by Crippen LogP contribution is -2.16. The van der Waals surface area contributed by atoms with Crippen molar-refractivity contribution in [3.8, 4) is 23.0 Å². The van der Waals surface area contributed by atoms with Crippen LogP contribution in [0.25, 0.3) is 0 Å². The zero-order valence-corrected chi connectivity index (χ0v) is 33.2. The molecule has 0 aromatic heterocycles. The van der Waals surface area contributed by atoms with Gasteiger partial charge in [0.1, 0.15) is 30.6 Å². The quantitative estimate of drug-likeness (QED) is 0.0277. The number of amides is 1. The molecule has 6 aromatic rings. The van der Waals surface area contributed by atoms with Crippen molar-refractivity contribution < 1.29 is 55.6 Å². The van der Waals surface area contributed by atoms with E-state index in [1.807, 2.05) is 81.3 Å². The maximum atomic E-state index is 13.2. The van der Waals surface area contributed by atoms with Crippen LogP contribution >= 0.6 is 12.3 Å². The monoisotopic (exact) mass is 838 g/mol. The van der Waals surface area contributed by atoms with E-state index < -0.39 is 23.2 Å². The van der Waals surface area contributed by atoms with Gasteiger partial charge in [-0.1, -0.05) is 70.1 Å². The minimum absolute atomic E-state index is 0.0958. The summed E-state index contributed by atoms with van der Waals surface area (Å²) >= 11 is -1.59. The van der Waals surface area contributed by atoms with Crippen molar-refractivity contribution in [2.75, 3.05) is 10.6 Å². The van der Waals surface area contributed by atoms with Crippen LogP contribution in [0.2, 0.25) is 0 Å². The SMILES string of the molecule is C=O.Cc1ccc(OOSOc2ccc(C(=O)O)c(C(=O)Nc3ccc(Cc4ccc(Nc5cc(OS(=O)Oc6ccc(C)cc6)ccc5COO)cc4)cc3)c2)cc1.